The summed E-state index contributed by atoms with van der Waals surface area (Å²) in [5.74, 6) is 0. The van der Waals surface area contributed by atoms with Crippen molar-refractivity contribution in [1.82, 2.24) is 0 Å². The van der Waals surface area contributed by atoms with Crippen molar-refractivity contribution in [1.29, 1.82) is 0 Å². The fourth-order valence-electron chi connectivity index (χ4n) is 14.6. The van der Waals surface area contributed by atoms with Crippen molar-refractivity contribution in [2.45, 2.75) is 67.7 Å². The summed E-state index contributed by atoms with van der Waals surface area (Å²) in [6, 6.07) is 125. The Labute approximate surface area is 652 Å². The lowest BCUT2D eigenvalue weighted by Gasteiger charge is -2.18. The van der Waals surface area contributed by atoms with Crippen LogP contribution in [0.5, 0.6) is 0 Å². The molecule has 5 heterocycles. The molecule has 21 aromatic rings. The third-order valence-corrected chi connectivity index (χ3v) is 21.9. The van der Waals surface area contributed by atoms with Gasteiger partial charge in [0.05, 0.1) is 0 Å². The summed E-state index contributed by atoms with van der Waals surface area (Å²) in [7, 11) is 0. The van der Waals surface area contributed by atoms with Gasteiger partial charge in [-0.25, -0.2) is 0 Å². The molecule has 0 bridgehead atoms. The quantitative estimate of drug-likeness (QED) is 0.172. The van der Waals surface area contributed by atoms with Crippen LogP contribution < -0.4 is 0 Å². The van der Waals surface area contributed by atoms with E-state index in [4.69, 9.17) is 17.7 Å². The largest absolute Gasteiger partial charge is 0.456 e. The fraction of sp³-hybridized carbons (Fsp3) is 0.0943. The van der Waals surface area contributed by atoms with E-state index in [1.165, 1.54) is 152 Å². The van der Waals surface area contributed by atoms with Gasteiger partial charge in [0.15, 0.2) is 0 Å². The lowest BCUT2D eigenvalue weighted by atomic mass is 9.87. The second-order valence-corrected chi connectivity index (χ2v) is 31.0. The molecule has 111 heavy (non-hydrogen) atoms. The normalized spacial score (nSPS) is 11.3. The molecule has 0 fully saturated rings. The van der Waals surface area contributed by atoms with Gasteiger partial charge in [-0.1, -0.05) is 345 Å². The van der Waals surface area contributed by atoms with Crippen LogP contribution in [0.3, 0.4) is 0 Å². The molecule has 21 rings (SSSR count). The van der Waals surface area contributed by atoms with E-state index in [1.807, 2.05) is 72.0 Å². The van der Waals surface area contributed by atoms with E-state index in [2.05, 4.69) is 360 Å². The number of benzene rings is 16. The summed E-state index contributed by atoms with van der Waals surface area (Å²) in [5.41, 5.74) is 29.3. The van der Waals surface area contributed by atoms with Gasteiger partial charge in [0.2, 0.25) is 0 Å². The molecular formula is C106H86O4S. The zero-order chi connectivity index (χ0) is 76.1. The lowest BCUT2D eigenvalue weighted by Crippen LogP contribution is -2.10. The summed E-state index contributed by atoms with van der Waals surface area (Å²) in [6.07, 6.45) is 0. The van der Waals surface area contributed by atoms with Crippen LogP contribution in [0.15, 0.2) is 376 Å². The molecule has 0 spiro atoms. The average Bonchev–Trinajstić information content (AvgIpc) is 1.66. The minimum absolute atomic E-state index is 0.285. The van der Waals surface area contributed by atoms with Gasteiger partial charge in [-0.2, -0.15) is 0 Å². The second-order valence-electron chi connectivity index (χ2n) is 29.9. The number of aryl methyl sites for hydroxylation is 6. The van der Waals surface area contributed by atoms with Crippen LogP contribution in [0.1, 0.15) is 59.7 Å². The fourth-order valence-corrected chi connectivity index (χ4v) is 15.7. The van der Waals surface area contributed by atoms with Gasteiger partial charge in [0.25, 0.3) is 0 Å². The van der Waals surface area contributed by atoms with Crippen molar-refractivity contribution in [2.75, 3.05) is 0 Å². The molecule has 0 aliphatic carbocycles. The van der Waals surface area contributed by atoms with Crippen molar-refractivity contribution < 1.29 is 17.7 Å². The van der Waals surface area contributed by atoms with Gasteiger partial charge in [-0.05, 0) is 169 Å². The lowest BCUT2D eigenvalue weighted by molar-refractivity contribution is 0.590. The molecule has 540 valence electrons. The zero-order valence-electron chi connectivity index (χ0n) is 64.1. The van der Waals surface area contributed by atoms with E-state index in [0.29, 0.717) is 0 Å². The highest BCUT2D eigenvalue weighted by Gasteiger charge is 2.17. The first-order valence-corrected chi connectivity index (χ1v) is 38.9. The Morgan fingerprint density at radius 2 is 0.541 bits per heavy atom. The van der Waals surface area contributed by atoms with Gasteiger partial charge < -0.3 is 17.7 Å². The molecule has 0 aliphatic rings. The molecule has 0 aliphatic heterocycles. The van der Waals surface area contributed by atoms with E-state index < -0.39 is 0 Å². The van der Waals surface area contributed by atoms with Crippen LogP contribution in [0.25, 0.3) is 164 Å². The van der Waals surface area contributed by atoms with Crippen molar-refractivity contribution >= 4 is 119 Å². The predicted octanol–water partition coefficient (Wildman–Crippen LogP) is 31.6. The molecule has 0 unspecified atom stereocenters. The molecule has 5 aromatic heterocycles. The number of hydrogen-bond donors (Lipinski definition) is 0. The predicted molar refractivity (Wildman–Crippen MR) is 475 cm³/mol. The van der Waals surface area contributed by atoms with Crippen molar-refractivity contribution in [3.8, 4) is 55.6 Å². The number of thiophene rings is 1. The number of hydrogen-bond acceptors (Lipinski definition) is 5. The van der Waals surface area contributed by atoms with Gasteiger partial charge in [-0.15, -0.1) is 11.3 Å². The first-order chi connectivity index (χ1) is 54.1. The smallest absolute Gasteiger partial charge is 0.143 e. The first kappa shape index (κ1) is 72.2. The monoisotopic (exact) mass is 1450 g/mol. The number of furan rings is 4. The van der Waals surface area contributed by atoms with E-state index in [0.717, 1.165) is 50.2 Å². The Balaban J connectivity index is 0.000000102. The summed E-state index contributed by atoms with van der Waals surface area (Å²) < 4.78 is 26.5. The van der Waals surface area contributed by atoms with Gasteiger partial charge in [0, 0.05) is 68.8 Å². The Bertz CT molecular complexity index is 6630. The number of fused-ring (bicyclic) bond motifs is 15. The second kappa shape index (κ2) is 31.6. The topological polar surface area (TPSA) is 52.6 Å². The molecule has 0 saturated heterocycles. The molecule has 0 amide bonds. The van der Waals surface area contributed by atoms with E-state index in [9.17, 15) is 0 Å². The third kappa shape index (κ3) is 15.7. The maximum absolute atomic E-state index is 6.07. The standard InChI is InChI=1S/4C19H14O.C19H14S.C11H16/c1-13-9-11-14(12-10-13)15-6-4-7-17-16-5-2-3-8-18(16)20-19(15)17;1-13-9-11-14(12-10-13)15-6-4-8-18-19(15)16-5-2-3-7-17(16)20-18;1-13-6-8-14(9-7-13)15-10-11-19-17(12-15)16-4-2-3-5-18(16)20-19;1-13-6-8-14(9-7-13)15-10-11-17-16-4-2-3-5-18(16)20-19(17)12-15;1-13-9-11-14(12-10-13)15-6-4-8-18-19(15)16-5-2-3-7-17(16)20-18;1-9-5-7-10(8-6-9)11(2,3)4/h5*2-12H,1H3;5-8H,1-4H3. The van der Waals surface area contributed by atoms with Crippen LogP contribution in [-0.2, 0) is 5.41 Å². The van der Waals surface area contributed by atoms with Crippen LogP contribution in [-0.4, -0.2) is 0 Å². The Hall–Kier alpha value is -13.1. The van der Waals surface area contributed by atoms with Gasteiger partial charge >= 0.3 is 0 Å². The van der Waals surface area contributed by atoms with Crippen molar-refractivity contribution in [3.63, 3.8) is 0 Å². The molecule has 5 heteroatoms. The van der Waals surface area contributed by atoms with E-state index in [-0.39, 0.29) is 5.41 Å². The molecular weight excluding hydrogens is 1370 g/mol. The van der Waals surface area contributed by atoms with Crippen LogP contribution in [0, 0.1) is 41.5 Å². The molecule has 0 N–H and O–H groups in total. The van der Waals surface area contributed by atoms with Crippen LogP contribution in [0.2, 0.25) is 0 Å². The zero-order valence-corrected chi connectivity index (χ0v) is 64.9. The molecule has 0 radical (unpaired) electrons. The molecule has 0 atom stereocenters. The highest BCUT2D eigenvalue weighted by Crippen LogP contribution is 2.42. The van der Waals surface area contributed by atoms with E-state index in [1.54, 1.807) is 0 Å². The Morgan fingerprint density at radius 3 is 1.09 bits per heavy atom. The minimum Gasteiger partial charge on any atom is -0.456 e. The molecule has 4 nitrogen and oxygen atoms in total. The molecule has 16 aromatic carbocycles. The minimum atomic E-state index is 0.285. The van der Waals surface area contributed by atoms with Gasteiger partial charge in [-0.3, -0.25) is 0 Å². The SMILES string of the molecule is Cc1ccc(-c2ccc3c(c2)oc2ccccc23)cc1.Cc1ccc(-c2ccc3oc4ccccc4c3c2)cc1.Cc1ccc(-c2cccc3c2oc2ccccc23)cc1.Cc1ccc(-c2cccc3oc4ccccc4c23)cc1.Cc1ccc(-c2cccc3sc4ccccc4c23)cc1.Cc1ccc(C(C)(C)C)cc1. The van der Waals surface area contributed by atoms with Crippen LogP contribution >= 0.6 is 11.3 Å². The average molecular weight is 1460 g/mol. The Kier molecular flexibility index (Phi) is 20.6. The van der Waals surface area contributed by atoms with Gasteiger partial charge in [0.1, 0.15) is 44.7 Å². The highest BCUT2D eigenvalue weighted by molar-refractivity contribution is 7.26. The van der Waals surface area contributed by atoms with Crippen molar-refractivity contribution in [3.05, 3.63) is 397 Å². The highest BCUT2D eigenvalue weighted by atomic mass is 32.1. The molecule has 0 saturated carbocycles. The summed E-state index contributed by atoms with van der Waals surface area (Å²) in [5, 5.41) is 12.2. The van der Waals surface area contributed by atoms with Crippen LogP contribution in [0.4, 0.5) is 0 Å². The summed E-state index contributed by atoms with van der Waals surface area (Å²) in [4.78, 5) is 0. The summed E-state index contributed by atoms with van der Waals surface area (Å²) >= 11 is 1.87. The van der Waals surface area contributed by atoms with E-state index >= 15 is 0 Å². The maximum atomic E-state index is 6.07. The first-order valence-electron chi connectivity index (χ1n) is 38.1. The number of para-hydroxylation sites is 5. The number of rotatable bonds is 5. The third-order valence-electron chi connectivity index (χ3n) is 20.7. The van der Waals surface area contributed by atoms with Crippen molar-refractivity contribution in [2.24, 2.45) is 0 Å². The maximum Gasteiger partial charge on any atom is 0.143 e. The summed E-state index contributed by atoms with van der Waals surface area (Å²) in [6.45, 7) is 19.4. The Morgan fingerprint density at radius 1 is 0.207 bits per heavy atom.